The summed E-state index contributed by atoms with van der Waals surface area (Å²) in [7, 11) is 0. The van der Waals surface area contributed by atoms with Crippen LogP contribution in [0.3, 0.4) is 0 Å². The van der Waals surface area contributed by atoms with Crippen molar-refractivity contribution in [3.8, 4) is 62.4 Å². The van der Waals surface area contributed by atoms with Gasteiger partial charge in [-0.05, 0) is 64.7 Å². The highest BCUT2D eigenvalue weighted by Gasteiger charge is 2.24. The van der Waals surface area contributed by atoms with Crippen molar-refractivity contribution in [1.29, 1.82) is 0 Å². The number of aromatic nitrogens is 5. The van der Waals surface area contributed by atoms with E-state index in [9.17, 15) is 0 Å². The summed E-state index contributed by atoms with van der Waals surface area (Å²) in [5.41, 5.74) is 11.6. The maximum absolute atomic E-state index is 6.98. The van der Waals surface area contributed by atoms with Gasteiger partial charge in [0.25, 0.3) is 0 Å². The zero-order chi connectivity index (χ0) is 38.9. The molecule has 7 nitrogen and oxygen atoms in total. The molecule has 0 unspecified atom stereocenters. The molecule has 276 valence electrons. The highest BCUT2D eigenvalue weighted by atomic mass is 16.4. The summed E-state index contributed by atoms with van der Waals surface area (Å²) < 4.78 is 15.5. The standard InChI is InChI=1S/C52H31N5O2/c1-4-15-32(16-5-1)35-27-28-38-37-21-10-12-25-44(37)57(45(38)31-35)52-55-49(34-19-8-3-9-20-34)54-50(56-52)40-23-14-22-39-41-29-36(33-17-6-2-7-18-33)30-42(48(41)59-47(39)40)51-53-43-24-11-13-26-46(43)58-51/h1-31H. The fourth-order valence-electron chi connectivity index (χ4n) is 8.32. The minimum absolute atomic E-state index is 0.490. The molecule has 0 atom stereocenters. The van der Waals surface area contributed by atoms with Crippen LogP contribution in [0.15, 0.2) is 197 Å². The summed E-state index contributed by atoms with van der Waals surface area (Å²) in [6.45, 7) is 0. The maximum Gasteiger partial charge on any atom is 0.238 e. The van der Waals surface area contributed by atoms with Crippen LogP contribution in [0, 0.1) is 0 Å². The van der Waals surface area contributed by atoms with E-state index in [1.807, 2.05) is 91.0 Å². The lowest BCUT2D eigenvalue weighted by atomic mass is 9.99. The number of oxazole rings is 1. The third kappa shape index (κ3) is 5.44. The molecular weight excluding hydrogens is 727 g/mol. The van der Waals surface area contributed by atoms with Gasteiger partial charge in [-0.1, -0.05) is 146 Å². The number of benzene rings is 8. The second-order valence-corrected chi connectivity index (χ2v) is 14.6. The molecular formula is C52H31N5O2. The molecule has 0 aliphatic carbocycles. The SMILES string of the molecule is c1ccc(-c2cc(-c3nc4ccccc4o3)c3oc4c(-c5nc(-c6ccccc6)nc(-n6c7ccccc7c7ccc(-c8ccccc8)cc76)n5)cccc4c3c2)cc1. The minimum atomic E-state index is 0.490. The predicted octanol–water partition coefficient (Wildman–Crippen LogP) is 13.3. The molecule has 12 aromatic rings. The quantitative estimate of drug-likeness (QED) is 0.168. The zero-order valence-electron chi connectivity index (χ0n) is 31.5. The van der Waals surface area contributed by atoms with Gasteiger partial charge in [-0.2, -0.15) is 9.97 Å². The van der Waals surface area contributed by atoms with Crippen LogP contribution in [-0.4, -0.2) is 24.5 Å². The molecule has 0 N–H and O–H groups in total. The lowest BCUT2D eigenvalue weighted by Crippen LogP contribution is -2.06. The number of rotatable bonds is 6. The van der Waals surface area contributed by atoms with Gasteiger partial charge >= 0.3 is 0 Å². The molecule has 8 aromatic carbocycles. The van der Waals surface area contributed by atoms with Crippen LogP contribution < -0.4 is 0 Å². The molecule has 4 heterocycles. The summed E-state index contributed by atoms with van der Waals surface area (Å²) in [6.07, 6.45) is 0. The molecule has 4 aromatic heterocycles. The Morgan fingerprint density at radius 2 is 1.00 bits per heavy atom. The van der Waals surface area contributed by atoms with Gasteiger partial charge < -0.3 is 8.83 Å². The molecule has 0 fully saturated rings. The number of furan rings is 1. The summed E-state index contributed by atoms with van der Waals surface area (Å²) in [6, 6.07) is 64.1. The second-order valence-electron chi connectivity index (χ2n) is 14.6. The highest BCUT2D eigenvalue weighted by molar-refractivity contribution is 6.14. The monoisotopic (exact) mass is 757 g/mol. The number of hydrogen-bond acceptors (Lipinski definition) is 6. The first-order chi connectivity index (χ1) is 29.2. The number of nitrogens with zero attached hydrogens (tertiary/aromatic N) is 5. The van der Waals surface area contributed by atoms with Crippen LogP contribution in [0.4, 0.5) is 0 Å². The minimum Gasteiger partial charge on any atom is -0.454 e. The van der Waals surface area contributed by atoms with Gasteiger partial charge in [0.1, 0.15) is 16.7 Å². The smallest absolute Gasteiger partial charge is 0.238 e. The summed E-state index contributed by atoms with van der Waals surface area (Å²) >= 11 is 0. The van der Waals surface area contributed by atoms with Crippen LogP contribution in [0.5, 0.6) is 0 Å². The van der Waals surface area contributed by atoms with Gasteiger partial charge in [0, 0.05) is 27.1 Å². The van der Waals surface area contributed by atoms with E-state index >= 15 is 0 Å². The molecule has 59 heavy (non-hydrogen) atoms. The zero-order valence-corrected chi connectivity index (χ0v) is 31.5. The Balaban J connectivity index is 1.13. The van der Waals surface area contributed by atoms with Crippen molar-refractivity contribution in [2.24, 2.45) is 0 Å². The summed E-state index contributed by atoms with van der Waals surface area (Å²) in [5.74, 6) is 2.05. The van der Waals surface area contributed by atoms with Gasteiger partial charge in [-0.3, -0.25) is 4.57 Å². The number of fused-ring (bicyclic) bond motifs is 7. The summed E-state index contributed by atoms with van der Waals surface area (Å²) in [4.78, 5) is 20.6. The van der Waals surface area contributed by atoms with Gasteiger partial charge in [-0.25, -0.2) is 9.97 Å². The van der Waals surface area contributed by atoms with Gasteiger partial charge in [0.05, 0.1) is 22.2 Å². The predicted molar refractivity (Wildman–Crippen MR) is 236 cm³/mol. The first-order valence-electron chi connectivity index (χ1n) is 19.5. The lowest BCUT2D eigenvalue weighted by molar-refractivity contribution is 0.615. The molecule has 0 saturated heterocycles. The van der Waals surface area contributed by atoms with E-state index in [0.717, 1.165) is 77.0 Å². The number of hydrogen-bond donors (Lipinski definition) is 0. The van der Waals surface area contributed by atoms with Crippen LogP contribution in [0.2, 0.25) is 0 Å². The second kappa shape index (κ2) is 13.2. The Morgan fingerprint density at radius 1 is 0.356 bits per heavy atom. The van der Waals surface area contributed by atoms with Crippen molar-refractivity contribution >= 4 is 54.8 Å². The topological polar surface area (TPSA) is 82.8 Å². The average Bonchev–Trinajstić information content (AvgIpc) is 4.01. The fraction of sp³-hybridized carbons (Fsp3) is 0. The summed E-state index contributed by atoms with van der Waals surface area (Å²) in [5, 5.41) is 4.10. The van der Waals surface area contributed by atoms with E-state index < -0.39 is 0 Å². The lowest BCUT2D eigenvalue weighted by Gasteiger charge is -2.11. The highest BCUT2D eigenvalue weighted by Crippen LogP contribution is 2.43. The molecule has 0 radical (unpaired) electrons. The Bertz CT molecular complexity index is 3520. The molecule has 0 aliphatic rings. The maximum atomic E-state index is 6.98. The fourth-order valence-corrected chi connectivity index (χ4v) is 8.32. The van der Waals surface area contributed by atoms with Crippen molar-refractivity contribution < 1.29 is 8.83 Å². The Hall–Kier alpha value is -8.16. The first-order valence-corrected chi connectivity index (χ1v) is 19.5. The molecule has 0 saturated carbocycles. The van der Waals surface area contributed by atoms with Gasteiger partial charge in [0.2, 0.25) is 11.8 Å². The van der Waals surface area contributed by atoms with Gasteiger partial charge in [0.15, 0.2) is 17.2 Å². The third-order valence-corrected chi connectivity index (χ3v) is 11.1. The molecule has 0 bridgehead atoms. The Morgan fingerprint density at radius 3 is 1.80 bits per heavy atom. The first kappa shape index (κ1) is 33.0. The van der Waals surface area contributed by atoms with E-state index in [1.54, 1.807) is 0 Å². The normalized spacial score (nSPS) is 11.7. The molecule has 0 amide bonds. The van der Waals surface area contributed by atoms with Crippen LogP contribution in [0.1, 0.15) is 0 Å². The Labute approximate surface area is 337 Å². The average molecular weight is 758 g/mol. The largest absolute Gasteiger partial charge is 0.454 e. The Kier molecular flexibility index (Phi) is 7.40. The van der Waals surface area contributed by atoms with Crippen molar-refractivity contribution in [2.75, 3.05) is 0 Å². The van der Waals surface area contributed by atoms with E-state index in [-0.39, 0.29) is 0 Å². The van der Waals surface area contributed by atoms with Crippen molar-refractivity contribution in [3.05, 3.63) is 188 Å². The van der Waals surface area contributed by atoms with Crippen molar-refractivity contribution in [1.82, 2.24) is 24.5 Å². The van der Waals surface area contributed by atoms with E-state index in [1.165, 1.54) is 0 Å². The van der Waals surface area contributed by atoms with Crippen molar-refractivity contribution in [2.45, 2.75) is 0 Å². The van der Waals surface area contributed by atoms with Crippen LogP contribution in [-0.2, 0) is 0 Å². The van der Waals surface area contributed by atoms with Gasteiger partial charge in [-0.15, -0.1) is 0 Å². The van der Waals surface area contributed by atoms with E-state index in [0.29, 0.717) is 40.2 Å². The van der Waals surface area contributed by atoms with E-state index in [2.05, 4.69) is 102 Å². The molecule has 0 aliphatic heterocycles. The van der Waals surface area contributed by atoms with Crippen molar-refractivity contribution in [3.63, 3.8) is 0 Å². The molecule has 7 heteroatoms. The van der Waals surface area contributed by atoms with Crippen LogP contribution in [0.25, 0.3) is 117 Å². The molecule has 12 rings (SSSR count). The van der Waals surface area contributed by atoms with Crippen LogP contribution >= 0.6 is 0 Å². The number of para-hydroxylation sites is 4. The molecule has 0 spiro atoms. The van der Waals surface area contributed by atoms with E-state index in [4.69, 9.17) is 28.8 Å². The third-order valence-electron chi connectivity index (χ3n) is 11.1.